The Morgan fingerprint density at radius 3 is 1.12 bits per heavy atom. The molecule has 0 aromatic heterocycles. The molecule has 0 amide bonds. The summed E-state index contributed by atoms with van der Waals surface area (Å²) in [6.07, 6.45) is -0.692. The molecule has 1 aliphatic carbocycles. The zero-order valence-electron chi connectivity index (χ0n) is 8.28. The lowest BCUT2D eigenvalue weighted by atomic mass is 9.87. The van der Waals surface area contributed by atoms with Crippen molar-refractivity contribution in [2.45, 2.75) is 6.42 Å². The van der Waals surface area contributed by atoms with Crippen LogP contribution in [-0.4, -0.2) is 23.9 Å². The van der Waals surface area contributed by atoms with E-state index in [0.717, 1.165) is 0 Å². The van der Waals surface area contributed by atoms with E-state index in [1.807, 2.05) is 0 Å². The summed E-state index contributed by atoms with van der Waals surface area (Å²) in [5.41, 5.74) is 0. The molecule has 0 N–H and O–H groups in total. The van der Waals surface area contributed by atoms with Crippen molar-refractivity contribution in [1.82, 2.24) is 0 Å². The van der Waals surface area contributed by atoms with Gasteiger partial charge >= 0.3 is 0 Å². The highest BCUT2D eigenvalue weighted by molar-refractivity contribution is 5.88. The molecule has 0 aromatic rings. The van der Waals surface area contributed by atoms with E-state index in [1.165, 1.54) is 0 Å². The summed E-state index contributed by atoms with van der Waals surface area (Å²) in [6.45, 7) is 0. The van der Waals surface area contributed by atoms with Crippen LogP contribution in [0.4, 0.5) is 0 Å². The Hall–Kier alpha value is -2.12. The van der Waals surface area contributed by atoms with Crippen molar-refractivity contribution in [3.05, 3.63) is 0 Å². The largest absolute Gasteiger partial charge is 0.550 e. The number of carbonyl (C=O) groups is 4. The van der Waals surface area contributed by atoms with Crippen LogP contribution < -0.4 is 20.4 Å². The fourth-order valence-corrected chi connectivity index (χ4v) is 2.17. The number of hydrogen-bond donors (Lipinski definition) is 0. The fraction of sp³-hybridized carbons (Fsp3) is 0.556. The molecule has 8 heteroatoms. The maximum absolute atomic E-state index is 10.7. The molecular formula is C9H6O8-4. The van der Waals surface area contributed by atoms with Gasteiger partial charge in [0, 0.05) is 47.5 Å². The van der Waals surface area contributed by atoms with Crippen LogP contribution in [0.25, 0.3) is 0 Å². The molecule has 1 rings (SSSR count). The van der Waals surface area contributed by atoms with Crippen molar-refractivity contribution in [3.8, 4) is 0 Å². The molecule has 0 aliphatic heterocycles. The number of hydrogen-bond acceptors (Lipinski definition) is 8. The number of carboxylic acids is 4. The standard InChI is InChI=1S/C9H10O8/c10-6(11)2-1-3(7(12)13)5(9(16)17)4(2)8(14)15/h2-5H,1H2,(H,10,11)(H,12,13)(H,14,15)(H,16,17)/p-4/t2-,3+,4-,5+. The van der Waals surface area contributed by atoms with Crippen molar-refractivity contribution in [3.63, 3.8) is 0 Å². The lowest BCUT2D eigenvalue weighted by molar-refractivity contribution is -0.335. The third-order valence-corrected chi connectivity index (χ3v) is 2.91. The predicted octanol–water partition coefficient (Wildman–Crippen LogP) is -6.15. The van der Waals surface area contributed by atoms with Gasteiger partial charge in [-0.05, 0) is 6.42 Å². The topological polar surface area (TPSA) is 161 Å². The van der Waals surface area contributed by atoms with E-state index in [-0.39, 0.29) is 0 Å². The molecule has 0 heterocycles. The molecular weight excluding hydrogens is 236 g/mol. The number of carbonyl (C=O) groups excluding carboxylic acids is 4. The first kappa shape index (κ1) is 12.9. The van der Waals surface area contributed by atoms with E-state index in [1.54, 1.807) is 0 Å². The number of rotatable bonds is 4. The van der Waals surface area contributed by atoms with E-state index in [2.05, 4.69) is 0 Å². The quantitative estimate of drug-likeness (QED) is 0.470. The van der Waals surface area contributed by atoms with Crippen LogP contribution >= 0.6 is 0 Å². The molecule has 0 radical (unpaired) electrons. The molecule has 1 saturated carbocycles. The van der Waals surface area contributed by atoms with Crippen molar-refractivity contribution in [2.75, 3.05) is 0 Å². The van der Waals surface area contributed by atoms with Crippen LogP contribution in [0.15, 0.2) is 0 Å². The zero-order chi connectivity index (χ0) is 13.3. The van der Waals surface area contributed by atoms with Crippen LogP contribution in [0.3, 0.4) is 0 Å². The lowest BCUT2D eigenvalue weighted by Crippen LogP contribution is -2.49. The summed E-state index contributed by atoms with van der Waals surface area (Å²) in [5, 5.41) is 42.6. The fourth-order valence-electron chi connectivity index (χ4n) is 2.17. The van der Waals surface area contributed by atoms with Gasteiger partial charge in [-0.2, -0.15) is 0 Å². The molecule has 0 saturated heterocycles. The Morgan fingerprint density at radius 2 is 0.941 bits per heavy atom. The van der Waals surface area contributed by atoms with Gasteiger partial charge in [-0.3, -0.25) is 0 Å². The van der Waals surface area contributed by atoms with Crippen molar-refractivity contribution >= 4 is 23.9 Å². The summed E-state index contributed by atoms with van der Waals surface area (Å²) >= 11 is 0. The second-order valence-electron chi connectivity index (χ2n) is 3.78. The smallest absolute Gasteiger partial charge is 0.0458 e. The summed E-state index contributed by atoms with van der Waals surface area (Å²) in [7, 11) is 0. The van der Waals surface area contributed by atoms with Gasteiger partial charge in [-0.25, -0.2) is 0 Å². The van der Waals surface area contributed by atoms with E-state index in [4.69, 9.17) is 0 Å². The van der Waals surface area contributed by atoms with Crippen molar-refractivity contribution in [1.29, 1.82) is 0 Å². The van der Waals surface area contributed by atoms with Crippen molar-refractivity contribution in [2.24, 2.45) is 23.7 Å². The van der Waals surface area contributed by atoms with Gasteiger partial charge in [0.15, 0.2) is 0 Å². The summed E-state index contributed by atoms with van der Waals surface area (Å²) < 4.78 is 0. The summed E-state index contributed by atoms with van der Waals surface area (Å²) in [6, 6.07) is 0. The minimum atomic E-state index is -1.99. The minimum absolute atomic E-state index is 0.692. The highest BCUT2D eigenvalue weighted by Gasteiger charge is 2.45. The molecule has 0 aromatic carbocycles. The Morgan fingerprint density at radius 1 is 0.647 bits per heavy atom. The predicted molar refractivity (Wildman–Crippen MR) is 38.6 cm³/mol. The van der Waals surface area contributed by atoms with Gasteiger partial charge in [0.05, 0.1) is 0 Å². The first-order valence-electron chi connectivity index (χ1n) is 4.60. The van der Waals surface area contributed by atoms with Crippen LogP contribution in [0.5, 0.6) is 0 Å². The monoisotopic (exact) mass is 242 g/mol. The van der Waals surface area contributed by atoms with Crippen LogP contribution in [0.2, 0.25) is 0 Å². The second kappa shape index (κ2) is 4.40. The van der Waals surface area contributed by atoms with Gasteiger partial charge in [0.25, 0.3) is 0 Å². The molecule has 1 fully saturated rings. The molecule has 94 valence electrons. The second-order valence-corrected chi connectivity index (χ2v) is 3.78. The maximum atomic E-state index is 10.7. The maximum Gasteiger partial charge on any atom is 0.0458 e. The minimum Gasteiger partial charge on any atom is -0.550 e. The van der Waals surface area contributed by atoms with Gasteiger partial charge in [-0.1, -0.05) is 0 Å². The van der Waals surface area contributed by atoms with Gasteiger partial charge in [-0.15, -0.1) is 0 Å². The Balaban J connectivity index is 3.17. The highest BCUT2D eigenvalue weighted by atomic mass is 16.4. The molecule has 0 spiro atoms. The summed E-state index contributed by atoms with van der Waals surface area (Å²) in [5.74, 6) is -15.1. The van der Waals surface area contributed by atoms with E-state index in [9.17, 15) is 39.6 Å². The SMILES string of the molecule is O=C([O-])[C@@H]1[C@H](C(=O)[O-])[C@H](C(=O)[O-])C[C@@H]1C(=O)[O-]. The molecule has 4 atom stereocenters. The van der Waals surface area contributed by atoms with E-state index >= 15 is 0 Å². The zero-order valence-corrected chi connectivity index (χ0v) is 8.28. The van der Waals surface area contributed by atoms with E-state index < -0.39 is 54.0 Å². The average Bonchev–Trinajstić information content (AvgIpc) is 2.56. The number of aliphatic carboxylic acids is 4. The summed E-state index contributed by atoms with van der Waals surface area (Å²) in [4.78, 5) is 42.6. The van der Waals surface area contributed by atoms with E-state index in [0.29, 0.717) is 0 Å². The van der Waals surface area contributed by atoms with Crippen molar-refractivity contribution < 1.29 is 39.6 Å². The first-order valence-corrected chi connectivity index (χ1v) is 4.60. The molecule has 0 bridgehead atoms. The molecule has 17 heavy (non-hydrogen) atoms. The van der Waals surface area contributed by atoms with Crippen LogP contribution in [0, 0.1) is 23.7 Å². The van der Waals surface area contributed by atoms with Crippen LogP contribution in [0.1, 0.15) is 6.42 Å². The third kappa shape index (κ3) is 2.19. The van der Waals surface area contributed by atoms with Gasteiger partial charge in [0.1, 0.15) is 0 Å². The Labute approximate surface area is 94.5 Å². The van der Waals surface area contributed by atoms with Gasteiger partial charge in [0.2, 0.25) is 0 Å². The van der Waals surface area contributed by atoms with Gasteiger partial charge < -0.3 is 39.6 Å². The molecule has 1 aliphatic rings. The normalized spacial score (nSPS) is 32.0. The molecule has 0 unspecified atom stereocenters. The molecule has 8 nitrogen and oxygen atoms in total. The third-order valence-electron chi connectivity index (χ3n) is 2.91. The first-order chi connectivity index (χ1) is 7.77. The lowest BCUT2D eigenvalue weighted by Gasteiger charge is -2.28. The number of carboxylic acid groups (broad SMARTS) is 4. The highest BCUT2D eigenvalue weighted by Crippen LogP contribution is 2.40. The van der Waals surface area contributed by atoms with Crippen LogP contribution in [-0.2, 0) is 19.2 Å². The average molecular weight is 242 g/mol. The Kier molecular flexibility index (Phi) is 3.35. The Bertz CT molecular complexity index is 350.